The Hall–Kier alpha value is -2.15. The van der Waals surface area contributed by atoms with Gasteiger partial charge in [0.2, 0.25) is 5.91 Å². The van der Waals surface area contributed by atoms with Crippen molar-refractivity contribution in [2.24, 2.45) is 5.92 Å². The summed E-state index contributed by atoms with van der Waals surface area (Å²) in [6.45, 7) is 3.73. The van der Waals surface area contributed by atoms with E-state index in [2.05, 4.69) is 15.6 Å². The molecule has 2 fully saturated rings. The number of fused-ring (bicyclic) bond motifs is 1. The van der Waals surface area contributed by atoms with Crippen LogP contribution in [-0.2, 0) is 4.79 Å². The number of rotatable bonds is 3. The molecule has 22 heavy (non-hydrogen) atoms. The van der Waals surface area contributed by atoms with Crippen molar-refractivity contribution in [2.45, 2.75) is 25.4 Å². The zero-order valence-electron chi connectivity index (χ0n) is 12.5. The minimum absolute atomic E-state index is 0.0646. The van der Waals surface area contributed by atoms with E-state index >= 15 is 0 Å². The van der Waals surface area contributed by atoms with Crippen molar-refractivity contribution in [3.63, 3.8) is 0 Å². The maximum absolute atomic E-state index is 12.4. The summed E-state index contributed by atoms with van der Waals surface area (Å²) in [6, 6.07) is 3.35. The second-order valence-electron chi connectivity index (χ2n) is 5.93. The summed E-state index contributed by atoms with van der Waals surface area (Å²) in [6.07, 6.45) is 2.42. The highest BCUT2D eigenvalue weighted by Crippen LogP contribution is 2.31. The lowest BCUT2D eigenvalue weighted by atomic mass is 10.0. The molecule has 0 aliphatic carbocycles. The fraction of sp³-hybridized carbons (Fsp3) is 0.533. The monoisotopic (exact) mass is 304 g/mol. The zero-order chi connectivity index (χ0) is 15.7. The number of aromatic nitrogens is 1. The first kappa shape index (κ1) is 14.8. The summed E-state index contributed by atoms with van der Waals surface area (Å²) < 4.78 is 0. The van der Waals surface area contributed by atoms with Crippen LogP contribution in [0, 0.1) is 5.92 Å². The van der Waals surface area contributed by atoms with E-state index in [0.29, 0.717) is 5.92 Å². The molecule has 0 aromatic carbocycles. The van der Waals surface area contributed by atoms with Gasteiger partial charge in [0.25, 0.3) is 5.91 Å². The van der Waals surface area contributed by atoms with E-state index in [1.54, 1.807) is 0 Å². The Bertz CT molecular complexity index is 592. The summed E-state index contributed by atoms with van der Waals surface area (Å²) in [5.41, 5.74) is -0.0646. The van der Waals surface area contributed by atoms with Crippen LogP contribution in [0.5, 0.6) is 5.75 Å². The van der Waals surface area contributed by atoms with Crippen LogP contribution in [0.25, 0.3) is 0 Å². The maximum Gasteiger partial charge on any atom is 0.274 e. The van der Waals surface area contributed by atoms with E-state index in [-0.39, 0.29) is 36.0 Å². The Morgan fingerprint density at radius 2 is 2.32 bits per heavy atom. The number of carbonyl (C=O) groups is 2. The smallest absolute Gasteiger partial charge is 0.274 e. The van der Waals surface area contributed by atoms with Crippen LogP contribution in [-0.4, -0.2) is 58.5 Å². The number of nitrogens with zero attached hydrogens (tertiary/aromatic N) is 2. The summed E-state index contributed by atoms with van der Waals surface area (Å²) in [5.74, 6) is -0.316. The second kappa shape index (κ2) is 5.92. The number of likely N-dealkylation sites (tertiary alicyclic amines) is 1. The first-order chi connectivity index (χ1) is 10.6. The Balaban J connectivity index is 1.60. The standard InChI is InChI=1S/C15H20N4O3/c1-9-5-10-6-16-7-11(10)19(9)13(21)8-18-15(22)14-12(20)3-2-4-17-14/h2-4,9-11,16,20H,5-8H2,1H3,(H,18,22)/t9-,10+,11-/m1/s1. The topological polar surface area (TPSA) is 94.6 Å². The van der Waals surface area contributed by atoms with Crippen molar-refractivity contribution in [1.82, 2.24) is 20.5 Å². The molecule has 3 rings (SSSR count). The van der Waals surface area contributed by atoms with Crippen LogP contribution in [0.4, 0.5) is 0 Å². The summed E-state index contributed by atoms with van der Waals surface area (Å²) in [4.78, 5) is 30.1. The SMILES string of the molecule is C[C@@H]1C[C@H]2CNC[C@H]2N1C(=O)CNC(=O)c1ncccc1O. The largest absolute Gasteiger partial charge is 0.505 e. The fourth-order valence-electron chi connectivity index (χ4n) is 3.50. The van der Waals surface area contributed by atoms with E-state index in [9.17, 15) is 14.7 Å². The van der Waals surface area contributed by atoms with E-state index in [0.717, 1.165) is 19.5 Å². The molecule has 2 amide bonds. The van der Waals surface area contributed by atoms with Gasteiger partial charge in [-0.15, -0.1) is 0 Å². The Morgan fingerprint density at radius 3 is 3.09 bits per heavy atom. The molecular formula is C15H20N4O3. The molecule has 1 aromatic heterocycles. The predicted octanol–water partition coefficient (Wildman–Crippen LogP) is -0.274. The lowest BCUT2D eigenvalue weighted by Gasteiger charge is -2.27. The van der Waals surface area contributed by atoms with Gasteiger partial charge in [0.1, 0.15) is 5.75 Å². The third-order valence-electron chi connectivity index (χ3n) is 4.47. The molecule has 3 N–H and O–H groups in total. The summed E-state index contributed by atoms with van der Waals surface area (Å²) in [5, 5.41) is 15.4. The minimum Gasteiger partial charge on any atom is -0.505 e. The van der Waals surface area contributed by atoms with Crippen LogP contribution in [0.15, 0.2) is 18.3 Å². The Labute approximate surface area is 128 Å². The van der Waals surface area contributed by atoms with Gasteiger partial charge in [-0.2, -0.15) is 0 Å². The molecule has 2 saturated heterocycles. The fourth-order valence-corrected chi connectivity index (χ4v) is 3.50. The first-order valence-corrected chi connectivity index (χ1v) is 7.52. The predicted molar refractivity (Wildman–Crippen MR) is 79.3 cm³/mol. The normalized spacial score (nSPS) is 26.8. The van der Waals surface area contributed by atoms with Crippen molar-refractivity contribution in [3.8, 4) is 5.75 Å². The highest BCUT2D eigenvalue weighted by Gasteiger charge is 2.43. The van der Waals surface area contributed by atoms with Gasteiger partial charge in [-0.1, -0.05) is 0 Å². The quantitative estimate of drug-likeness (QED) is 0.714. The molecule has 118 valence electrons. The number of pyridine rings is 1. The van der Waals surface area contributed by atoms with E-state index in [4.69, 9.17) is 0 Å². The molecule has 3 atom stereocenters. The molecule has 0 saturated carbocycles. The maximum atomic E-state index is 12.4. The van der Waals surface area contributed by atoms with Gasteiger partial charge in [-0.05, 0) is 31.4 Å². The molecule has 0 spiro atoms. The van der Waals surface area contributed by atoms with Gasteiger partial charge < -0.3 is 20.6 Å². The van der Waals surface area contributed by atoms with Crippen molar-refractivity contribution in [2.75, 3.05) is 19.6 Å². The van der Waals surface area contributed by atoms with Gasteiger partial charge in [-0.25, -0.2) is 4.98 Å². The van der Waals surface area contributed by atoms with Crippen molar-refractivity contribution >= 4 is 11.8 Å². The van der Waals surface area contributed by atoms with Crippen LogP contribution in [0.2, 0.25) is 0 Å². The third-order valence-corrected chi connectivity index (χ3v) is 4.47. The Morgan fingerprint density at radius 1 is 1.50 bits per heavy atom. The second-order valence-corrected chi connectivity index (χ2v) is 5.93. The number of hydrogen-bond acceptors (Lipinski definition) is 5. The van der Waals surface area contributed by atoms with Gasteiger partial charge in [-0.3, -0.25) is 9.59 Å². The molecule has 2 aliphatic heterocycles. The highest BCUT2D eigenvalue weighted by molar-refractivity contribution is 5.97. The molecule has 2 aliphatic rings. The van der Waals surface area contributed by atoms with Crippen LogP contribution >= 0.6 is 0 Å². The highest BCUT2D eigenvalue weighted by atomic mass is 16.3. The summed E-state index contributed by atoms with van der Waals surface area (Å²) in [7, 11) is 0. The molecule has 0 bridgehead atoms. The number of nitrogens with one attached hydrogen (secondary N) is 2. The molecule has 7 heteroatoms. The Kier molecular flexibility index (Phi) is 3.98. The van der Waals surface area contributed by atoms with Crippen LogP contribution < -0.4 is 10.6 Å². The molecular weight excluding hydrogens is 284 g/mol. The van der Waals surface area contributed by atoms with Gasteiger partial charge in [0, 0.05) is 31.4 Å². The van der Waals surface area contributed by atoms with E-state index in [1.165, 1.54) is 18.3 Å². The molecule has 3 heterocycles. The number of amides is 2. The van der Waals surface area contributed by atoms with Gasteiger partial charge in [0.15, 0.2) is 5.69 Å². The number of carbonyl (C=O) groups excluding carboxylic acids is 2. The molecule has 0 radical (unpaired) electrons. The average Bonchev–Trinajstić information content (AvgIpc) is 3.04. The number of hydrogen-bond donors (Lipinski definition) is 3. The van der Waals surface area contributed by atoms with Gasteiger partial charge in [0.05, 0.1) is 6.54 Å². The zero-order valence-corrected chi connectivity index (χ0v) is 12.5. The van der Waals surface area contributed by atoms with Crippen LogP contribution in [0.3, 0.4) is 0 Å². The van der Waals surface area contributed by atoms with Gasteiger partial charge >= 0.3 is 0 Å². The third kappa shape index (κ3) is 2.64. The number of aromatic hydroxyl groups is 1. The first-order valence-electron chi connectivity index (χ1n) is 7.52. The van der Waals surface area contributed by atoms with Crippen molar-refractivity contribution in [1.29, 1.82) is 0 Å². The van der Waals surface area contributed by atoms with Crippen molar-refractivity contribution < 1.29 is 14.7 Å². The van der Waals surface area contributed by atoms with Crippen molar-refractivity contribution in [3.05, 3.63) is 24.0 Å². The van der Waals surface area contributed by atoms with Crippen LogP contribution in [0.1, 0.15) is 23.8 Å². The molecule has 7 nitrogen and oxygen atoms in total. The summed E-state index contributed by atoms with van der Waals surface area (Å²) >= 11 is 0. The molecule has 1 aromatic rings. The van der Waals surface area contributed by atoms with E-state index < -0.39 is 5.91 Å². The molecule has 0 unspecified atom stereocenters. The lowest BCUT2D eigenvalue weighted by Crippen LogP contribution is -2.47. The average molecular weight is 304 g/mol. The lowest BCUT2D eigenvalue weighted by molar-refractivity contribution is -0.132. The minimum atomic E-state index is -0.542. The van der Waals surface area contributed by atoms with E-state index in [1.807, 2.05) is 11.8 Å².